The Morgan fingerprint density at radius 1 is 0.362 bits per heavy atom. The summed E-state index contributed by atoms with van der Waals surface area (Å²) in [4.78, 5) is 135. The standard InChI is InChI=1S/C12H8BN20O24.Na/c34-22(35)5-1-14-9(26(42)43,18(5)30(50)51)13(10(27(44)45)15-2-6(23(36)37)19(10)31(52)53,11(28(46)47)16-3-7(24(38)39)20(11)32(54)55)12(29(48)49)17-4-8(25(40)41)21(12)33(56)57;/h1-4,14-17H;/q-1;+1. The van der Waals surface area contributed by atoms with Crippen LogP contribution in [0.1, 0.15) is 0 Å². The van der Waals surface area contributed by atoms with Gasteiger partial charge in [-0.15, -0.1) is 0 Å². The zero-order chi connectivity index (χ0) is 43.7. The van der Waals surface area contributed by atoms with Gasteiger partial charge in [0, 0.05) is 0 Å². The molecule has 0 aromatic carbocycles. The van der Waals surface area contributed by atoms with Crippen molar-refractivity contribution in [2.75, 3.05) is 0 Å². The zero-order valence-corrected chi connectivity index (χ0v) is 28.8. The van der Waals surface area contributed by atoms with Gasteiger partial charge in [-0.3, -0.25) is 40.5 Å². The van der Waals surface area contributed by atoms with E-state index in [0.29, 0.717) is 0 Å². The molecule has 4 aliphatic heterocycles. The number of nitro groups is 12. The van der Waals surface area contributed by atoms with Gasteiger partial charge >= 0.3 is 81.7 Å². The van der Waals surface area contributed by atoms with Crippen LogP contribution in [-0.2, 0) is 0 Å². The third kappa shape index (κ3) is 4.66. The summed E-state index contributed by atoms with van der Waals surface area (Å²) < 4.78 is 0. The van der Waals surface area contributed by atoms with Crippen LogP contribution < -0.4 is 50.8 Å². The van der Waals surface area contributed by atoms with Crippen LogP contribution in [0.4, 0.5) is 0 Å². The average Bonchev–Trinajstić information content (AvgIpc) is 3.87. The molecule has 0 aromatic heterocycles. The maximum absolute atomic E-state index is 13.7. The van der Waals surface area contributed by atoms with Gasteiger partial charge in [0.25, 0.3) is 20.1 Å². The van der Waals surface area contributed by atoms with E-state index in [9.17, 15) is 121 Å². The SMILES string of the molecule is O=[N+]([O-])C1=CNC([N+](=O)[O-])([B-](C2([N+](=O)[O-])NC=C([N+](=O)[O-])N2[N+](=O)[O-])(C2([N+](=O)[O-])NC=C([N+](=O)[O-])N2[N+](=O)[O-])C2([N+](=O)[O-])NC=C([N+](=O)[O-])N2[N+](=O)[O-])N1[N+](=O)[O-].[Na+]. The number of nitrogens with zero attached hydrogens (tertiary/aromatic N) is 16. The quantitative estimate of drug-likeness (QED) is 0.0636. The molecule has 4 heterocycles. The smallest absolute Gasteiger partial charge is 0.358 e. The van der Waals surface area contributed by atoms with Gasteiger partial charge in [-0.25, -0.2) is 40.5 Å². The maximum atomic E-state index is 13.7. The number of hydrogen-bond acceptors (Lipinski definition) is 28. The van der Waals surface area contributed by atoms with Crippen molar-refractivity contribution in [3.05, 3.63) is 169 Å². The van der Waals surface area contributed by atoms with E-state index in [1.807, 2.05) is 0 Å². The Hall–Kier alpha value is -8.78. The van der Waals surface area contributed by atoms with Crippen molar-refractivity contribution in [3.63, 3.8) is 0 Å². The van der Waals surface area contributed by atoms with Gasteiger partial charge in [0.15, 0.2) is 0 Å². The van der Waals surface area contributed by atoms with Gasteiger partial charge in [0.2, 0.25) is 0 Å². The van der Waals surface area contributed by atoms with Crippen LogP contribution in [-0.4, -0.2) is 108 Å². The molecule has 0 saturated heterocycles. The van der Waals surface area contributed by atoms with Gasteiger partial charge in [-0.2, -0.15) is 0 Å². The van der Waals surface area contributed by atoms with Crippen molar-refractivity contribution in [3.8, 4) is 0 Å². The second-order valence-corrected chi connectivity index (χ2v) is 10.6. The Labute approximate surface area is 328 Å². The van der Waals surface area contributed by atoms with E-state index < -0.39 is 157 Å². The van der Waals surface area contributed by atoms with Gasteiger partial charge in [-0.05, 0) is 19.7 Å². The van der Waals surface area contributed by atoms with Crippen LogP contribution in [0.25, 0.3) is 0 Å². The topological polar surface area (TPSA) is 579 Å². The van der Waals surface area contributed by atoms with E-state index >= 15 is 0 Å². The molecule has 0 radical (unpaired) electrons. The molecule has 46 heteroatoms. The Kier molecular flexibility index (Phi) is 10.2. The molecule has 58 heavy (non-hydrogen) atoms. The molecule has 4 rings (SSSR count). The Balaban J connectivity index is 0.00000900. The van der Waals surface area contributed by atoms with Crippen molar-refractivity contribution in [2.45, 2.75) is 22.7 Å². The molecule has 304 valence electrons. The monoisotopic (exact) mass is 850 g/mol. The minimum Gasteiger partial charge on any atom is -0.358 e. The molecule has 0 saturated carbocycles. The summed E-state index contributed by atoms with van der Waals surface area (Å²) in [6.45, 7) is 0. The van der Waals surface area contributed by atoms with Crippen molar-refractivity contribution >= 4 is 6.15 Å². The summed E-state index contributed by atoms with van der Waals surface area (Å²) in [5, 5.41) is 141. The van der Waals surface area contributed by atoms with E-state index in [-0.39, 0.29) is 29.6 Å². The number of nitrogens with one attached hydrogen (secondary N) is 4. The molecule has 4 atom stereocenters. The first-order chi connectivity index (χ1) is 26.2. The van der Waals surface area contributed by atoms with E-state index in [1.54, 1.807) is 0 Å². The fourth-order valence-electron chi connectivity index (χ4n) is 7.29. The third-order valence-electron chi connectivity index (χ3n) is 8.74. The average molecular weight is 850 g/mol. The van der Waals surface area contributed by atoms with Crippen LogP contribution in [0, 0.1) is 121 Å². The normalized spacial score (nSPS) is 26.6. The Morgan fingerprint density at radius 2 is 0.517 bits per heavy atom. The third-order valence-corrected chi connectivity index (χ3v) is 8.74. The van der Waals surface area contributed by atoms with Crippen molar-refractivity contribution in [1.29, 1.82) is 0 Å². The summed E-state index contributed by atoms with van der Waals surface area (Å²) >= 11 is 0. The summed E-state index contributed by atoms with van der Waals surface area (Å²) in [6.07, 6.45) is -10.7. The zero-order valence-electron chi connectivity index (χ0n) is 26.8. The Morgan fingerprint density at radius 3 is 0.621 bits per heavy atom. The van der Waals surface area contributed by atoms with Crippen molar-refractivity contribution in [2.24, 2.45) is 0 Å². The van der Waals surface area contributed by atoms with E-state index in [2.05, 4.69) is 0 Å². The fraction of sp³-hybridized carbons (Fsp3) is 0.333. The maximum Gasteiger partial charge on any atom is 1.00 e. The van der Waals surface area contributed by atoms with Crippen molar-refractivity contribution in [1.82, 2.24) is 41.3 Å². The van der Waals surface area contributed by atoms with E-state index in [0.717, 1.165) is 21.3 Å². The summed E-state index contributed by atoms with van der Waals surface area (Å²) in [7, 11) is 0. The molecule has 0 spiro atoms. The first-order valence-electron chi connectivity index (χ1n) is 13.2. The molecule has 44 nitrogen and oxygen atoms in total. The number of rotatable bonds is 16. The minimum absolute atomic E-state index is 0. The molecule has 4 unspecified atom stereocenters. The van der Waals surface area contributed by atoms with Crippen LogP contribution in [0.2, 0.25) is 0 Å². The van der Waals surface area contributed by atoms with Gasteiger partial charge < -0.3 is 61.7 Å². The largest absolute Gasteiger partial charge is 1.00 e. The van der Waals surface area contributed by atoms with E-state index in [1.165, 1.54) is 0 Å². The van der Waals surface area contributed by atoms with Crippen LogP contribution in [0.15, 0.2) is 48.1 Å². The molecule has 0 amide bonds. The summed E-state index contributed by atoms with van der Waals surface area (Å²) in [5.41, 5.74) is -23.8. The molecule has 0 bridgehead atoms. The second kappa shape index (κ2) is 13.5. The molecular formula is C12H8BN20NaO24. The van der Waals surface area contributed by atoms with Crippen LogP contribution >= 0.6 is 0 Å². The number of hydrazine groups is 4. The fourth-order valence-corrected chi connectivity index (χ4v) is 7.29. The molecule has 4 aliphatic rings. The Bertz CT molecular complexity index is 1890. The van der Waals surface area contributed by atoms with Crippen molar-refractivity contribution < 1.29 is 89.1 Å². The molecular weight excluding hydrogens is 842 g/mol. The minimum atomic E-state index is -7.89. The predicted molar refractivity (Wildman–Crippen MR) is 153 cm³/mol. The van der Waals surface area contributed by atoms with Crippen LogP contribution in [0.3, 0.4) is 0 Å². The number of hydrogen-bond donors (Lipinski definition) is 4. The van der Waals surface area contributed by atoms with Gasteiger partial charge in [0.1, 0.15) is 44.8 Å². The molecule has 4 N–H and O–H groups in total. The van der Waals surface area contributed by atoms with E-state index in [4.69, 9.17) is 0 Å². The van der Waals surface area contributed by atoms with Crippen LogP contribution in [0.5, 0.6) is 0 Å². The van der Waals surface area contributed by atoms with Gasteiger partial charge in [-0.1, -0.05) is 0 Å². The molecule has 0 fully saturated rings. The first-order valence-corrected chi connectivity index (χ1v) is 13.2. The molecule has 0 aliphatic carbocycles. The molecule has 0 aromatic rings. The second-order valence-electron chi connectivity index (χ2n) is 10.6. The predicted octanol–water partition coefficient (Wildman–Crippen LogP) is -8.99. The first kappa shape index (κ1) is 43.6. The van der Waals surface area contributed by atoms with Gasteiger partial charge in [0.05, 0.1) is 19.7 Å². The summed E-state index contributed by atoms with van der Waals surface area (Å²) in [5.74, 6) is -10.4. The summed E-state index contributed by atoms with van der Waals surface area (Å²) in [6, 6.07) is 0.